The minimum Gasteiger partial charge on any atom is -0.478 e. The van der Waals surface area contributed by atoms with Gasteiger partial charge in [-0.1, -0.05) is 251 Å². The van der Waals surface area contributed by atoms with Crippen LogP contribution in [0.1, 0.15) is 261 Å². The van der Waals surface area contributed by atoms with Gasteiger partial charge in [0, 0.05) is 24.7 Å². The molecule has 0 saturated heterocycles. The van der Waals surface area contributed by atoms with Crippen molar-refractivity contribution in [1.29, 1.82) is 0 Å². The van der Waals surface area contributed by atoms with Gasteiger partial charge in [-0.05, 0) is 159 Å². The standard InChI is InChI=1S/C12H16.C8H14O2.C8H16O.C7H12O2.C7H14O.3C6H14O.C6H14.C6H12.C5H10O/c1-10(2)11(3)9-12-7-5-4-6-8-12;1-6(2)7(3)5-8(9)10-4;1-5-6-8(4,9)7(2)3;1-5(2)6(3)4-7(8)9;1-5-7(4,8)6(2)3;2*1-5(2)6(3,4)7;1-5(2)6(3)4-7;2*1-5(2)6(3)4;1-4(2)5(3)6/h4-10H,1-3H3;5-6H,1-4H3;5,7,9H,1,6H2,2-4H3;4-5H,1-3H3,(H,8,9);5-6,8H,1H2,2-4H3;2*5,7H,1-4H3;5-7H,4H2,1-3H3;5-6H,1-4H3;6H,1H2,2-4H3;4H,1-3H3/b11-9-;7-5-;;6-4-;;;;;;;. The van der Waals surface area contributed by atoms with Gasteiger partial charge >= 0.3 is 11.9 Å². The van der Waals surface area contributed by atoms with Gasteiger partial charge in [0.2, 0.25) is 0 Å². The van der Waals surface area contributed by atoms with Crippen molar-refractivity contribution in [3.8, 4) is 0 Å². The quantitative estimate of drug-likeness (QED) is 0.0470. The van der Waals surface area contributed by atoms with Crippen molar-refractivity contribution < 1.29 is 49.8 Å². The predicted octanol–water partition coefficient (Wildman–Crippen LogP) is 20.6. The molecular weight excluding hydrogens is 1080 g/mol. The Hall–Kier alpha value is -3.93. The number of hydrogen-bond acceptors (Lipinski definition) is 9. The average molecular weight is 1240 g/mol. The number of aliphatic carboxylic acids is 1. The summed E-state index contributed by atoms with van der Waals surface area (Å²) in [6.45, 7) is 83.2. The van der Waals surface area contributed by atoms with Gasteiger partial charge in [-0.3, -0.25) is 4.79 Å². The Labute approximate surface area is 542 Å². The molecule has 0 heterocycles. The number of carbonyl (C=O) groups excluding carboxylic acids is 2. The Morgan fingerprint density at radius 1 is 0.506 bits per heavy atom. The van der Waals surface area contributed by atoms with Crippen molar-refractivity contribution in [2.45, 2.75) is 278 Å². The number of methoxy groups -OCH3 is 1. The summed E-state index contributed by atoms with van der Waals surface area (Å²) in [6, 6.07) is 10.4. The van der Waals surface area contributed by atoms with Crippen molar-refractivity contribution >= 4 is 23.8 Å². The minimum atomic E-state index is -0.860. The number of aliphatic hydroxyl groups is 5. The van der Waals surface area contributed by atoms with Gasteiger partial charge in [-0.15, -0.1) is 13.2 Å². The number of benzene rings is 1. The van der Waals surface area contributed by atoms with E-state index in [1.54, 1.807) is 26.0 Å². The molecule has 6 N–H and O–H groups in total. The van der Waals surface area contributed by atoms with Gasteiger partial charge < -0.3 is 35.4 Å². The van der Waals surface area contributed by atoms with Gasteiger partial charge in [0.15, 0.2) is 0 Å². The zero-order chi connectivity index (χ0) is 72.3. The summed E-state index contributed by atoms with van der Waals surface area (Å²) in [7, 11) is 1.38. The van der Waals surface area contributed by atoms with Crippen molar-refractivity contribution in [1.82, 2.24) is 0 Å². The lowest BCUT2D eigenvalue weighted by atomic mass is 9.89. The number of ether oxygens (including phenoxy) is 1. The first-order chi connectivity index (χ1) is 38.8. The van der Waals surface area contributed by atoms with E-state index in [2.05, 4.69) is 131 Å². The fourth-order valence-electron chi connectivity index (χ4n) is 2.73. The lowest BCUT2D eigenvalue weighted by Gasteiger charge is -2.25. The molecule has 10 nitrogen and oxygen atoms in total. The van der Waals surface area contributed by atoms with Crippen LogP contribution >= 0.6 is 0 Å². The SMILES string of the molecule is C/C(=C/C(=O)O)C(C)C.C/C(=C/c1ccccc1)C(C)C.C=C(C)C(C)C.C=CC(C)(O)C(C)C.C=CCC(C)(O)C(C)C.CC(=O)C(C)C.CC(C)C(C)(C)O.CC(C)C(C)(C)O.CC(C)C(C)C.CC(C)C(C)CO.COC(=O)/C=C(/C)C(C)C. The summed E-state index contributed by atoms with van der Waals surface area (Å²) in [5.41, 5.74) is 3.68. The number of esters is 1. The van der Waals surface area contributed by atoms with Crippen LogP contribution in [-0.2, 0) is 19.1 Å². The number of Topliss-reactive ketones (excluding diaryl/α,β-unsaturated/α-hetero) is 1. The third kappa shape index (κ3) is 84.2. The molecule has 518 valence electrons. The normalized spacial score (nSPS) is 13.1. The molecule has 1 rings (SSSR count). The van der Waals surface area contributed by atoms with Gasteiger partial charge in [-0.25, -0.2) is 9.59 Å². The molecular formula is C77H150O10. The summed E-state index contributed by atoms with van der Waals surface area (Å²) < 4.78 is 4.46. The summed E-state index contributed by atoms with van der Waals surface area (Å²) in [4.78, 5) is 30.8. The topological polar surface area (TPSA) is 182 Å². The highest BCUT2D eigenvalue weighted by molar-refractivity contribution is 5.82. The van der Waals surface area contributed by atoms with Crippen LogP contribution in [0.25, 0.3) is 6.08 Å². The maximum absolute atomic E-state index is 10.6. The number of carboxylic acids is 1. The molecule has 0 aliphatic carbocycles. The second kappa shape index (κ2) is 58.4. The van der Waals surface area contributed by atoms with Crippen LogP contribution in [-0.4, -0.2) is 84.5 Å². The van der Waals surface area contributed by atoms with E-state index in [0.717, 1.165) is 23.0 Å². The maximum atomic E-state index is 10.6. The highest BCUT2D eigenvalue weighted by Gasteiger charge is 2.22. The zero-order valence-electron chi connectivity index (χ0n) is 64.1. The van der Waals surface area contributed by atoms with Crippen LogP contribution in [0, 0.1) is 76.9 Å². The van der Waals surface area contributed by atoms with Gasteiger partial charge in [0.05, 0.1) is 29.5 Å². The van der Waals surface area contributed by atoms with Crippen LogP contribution in [0.2, 0.25) is 0 Å². The van der Waals surface area contributed by atoms with Crippen molar-refractivity contribution in [3.05, 3.63) is 102 Å². The van der Waals surface area contributed by atoms with Crippen LogP contribution < -0.4 is 0 Å². The van der Waals surface area contributed by atoms with E-state index >= 15 is 0 Å². The van der Waals surface area contributed by atoms with Crippen molar-refractivity contribution in [3.63, 3.8) is 0 Å². The second-order valence-electron chi connectivity index (χ2n) is 28.3. The van der Waals surface area contributed by atoms with Crippen LogP contribution in [0.15, 0.2) is 96.7 Å². The molecule has 1 aromatic carbocycles. The van der Waals surface area contributed by atoms with Gasteiger partial charge in [0.1, 0.15) is 5.78 Å². The van der Waals surface area contributed by atoms with E-state index in [9.17, 15) is 24.6 Å². The molecule has 0 aliphatic rings. The first kappa shape index (κ1) is 105. The Balaban J connectivity index is -0.0000000944. The van der Waals surface area contributed by atoms with E-state index in [0.29, 0.717) is 66.3 Å². The third-order valence-corrected chi connectivity index (χ3v) is 15.6. The third-order valence-electron chi connectivity index (χ3n) is 15.6. The molecule has 1 aromatic rings. The minimum absolute atomic E-state index is 0.213. The first-order valence-corrected chi connectivity index (χ1v) is 32.1. The lowest BCUT2D eigenvalue weighted by molar-refractivity contribution is -0.135. The predicted molar refractivity (Wildman–Crippen MR) is 386 cm³/mol. The molecule has 0 amide bonds. The fourth-order valence-corrected chi connectivity index (χ4v) is 2.73. The summed E-state index contributed by atoms with van der Waals surface area (Å²) in [6.07, 6.45) is 8.99. The number of ketones is 1. The molecule has 3 unspecified atom stereocenters. The smallest absolute Gasteiger partial charge is 0.330 e. The molecule has 0 spiro atoms. The van der Waals surface area contributed by atoms with E-state index in [1.165, 1.54) is 36.0 Å². The van der Waals surface area contributed by atoms with Gasteiger partial charge in [0.25, 0.3) is 0 Å². The van der Waals surface area contributed by atoms with Crippen LogP contribution in [0.4, 0.5) is 0 Å². The number of hydrogen-bond donors (Lipinski definition) is 6. The van der Waals surface area contributed by atoms with E-state index < -0.39 is 28.4 Å². The molecule has 0 saturated carbocycles. The van der Waals surface area contributed by atoms with E-state index in [-0.39, 0.29) is 23.6 Å². The summed E-state index contributed by atoms with van der Waals surface area (Å²) >= 11 is 0. The molecule has 0 radical (unpaired) electrons. The maximum Gasteiger partial charge on any atom is 0.330 e. The Bertz CT molecular complexity index is 1860. The molecule has 87 heavy (non-hydrogen) atoms. The Kier molecular flexibility index (Phi) is 70.4. The number of rotatable bonds is 18. The highest BCUT2D eigenvalue weighted by Crippen LogP contribution is 2.20. The molecule has 3 atom stereocenters. The molecule has 0 aromatic heterocycles. The highest BCUT2D eigenvalue weighted by atomic mass is 16.5. The summed E-state index contributed by atoms with van der Waals surface area (Å²) in [5, 5.41) is 53.8. The average Bonchev–Trinajstić information content (AvgIpc) is 3.37. The molecule has 10 heteroatoms. The number of carbonyl (C=O) groups is 3. The number of aliphatic hydroxyl groups excluding tert-OH is 1. The second-order valence-corrected chi connectivity index (χ2v) is 28.3. The van der Waals surface area contributed by atoms with Crippen molar-refractivity contribution in [2.24, 2.45) is 76.9 Å². The monoisotopic (exact) mass is 1240 g/mol. The molecule has 0 fully saturated rings. The van der Waals surface area contributed by atoms with Crippen molar-refractivity contribution in [2.75, 3.05) is 13.7 Å². The van der Waals surface area contributed by atoms with Crippen LogP contribution in [0.3, 0.4) is 0 Å². The summed E-state index contributed by atoms with van der Waals surface area (Å²) in [5.74, 6) is 5.43. The Morgan fingerprint density at radius 2 is 0.816 bits per heavy atom. The van der Waals surface area contributed by atoms with E-state index in [1.807, 2.05) is 165 Å². The van der Waals surface area contributed by atoms with Crippen LogP contribution in [0.5, 0.6) is 0 Å². The zero-order valence-corrected chi connectivity index (χ0v) is 64.1. The molecule has 0 aliphatic heterocycles. The number of allylic oxidation sites excluding steroid dienone is 4. The lowest BCUT2D eigenvalue weighted by Crippen LogP contribution is -2.29. The molecule has 0 bridgehead atoms. The van der Waals surface area contributed by atoms with E-state index in [4.69, 9.17) is 20.4 Å². The largest absolute Gasteiger partial charge is 0.478 e. The van der Waals surface area contributed by atoms with Gasteiger partial charge in [-0.2, -0.15) is 0 Å². The fraction of sp³-hybridized carbons (Fsp3) is 0.727. The number of carboxylic acid groups (broad SMARTS) is 1. The Morgan fingerprint density at radius 3 is 0.943 bits per heavy atom. The first-order valence-electron chi connectivity index (χ1n) is 32.1.